The SMILES string of the molecule is CC(=O)Oc1ccccc1-c1nc2s/c(=C\c3cc(C)c(OC(C)=O)c(C)c3)c(=O)n2n1. The molecular formula is C23H19N3O5S. The Bertz CT molecular complexity index is 1460. The maximum Gasteiger partial charge on any atom is 0.308 e. The number of ether oxygens (including phenoxy) is 2. The fourth-order valence-corrected chi connectivity index (χ4v) is 4.27. The summed E-state index contributed by atoms with van der Waals surface area (Å²) in [5.41, 5.74) is 2.62. The number of rotatable bonds is 4. The molecule has 2 heterocycles. The van der Waals surface area contributed by atoms with Crippen LogP contribution in [0, 0.1) is 13.8 Å². The fraction of sp³-hybridized carbons (Fsp3) is 0.174. The van der Waals surface area contributed by atoms with Crippen molar-refractivity contribution in [3.05, 3.63) is 68.0 Å². The molecule has 0 atom stereocenters. The average molecular weight is 449 g/mol. The summed E-state index contributed by atoms with van der Waals surface area (Å²) >= 11 is 1.21. The lowest BCUT2D eigenvalue weighted by molar-refractivity contribution is -0.132. The number of hydrogen-bond acceptors (Lipinski definition) is 8. The Balaban J connectivity index is 1.75. The maximum absolute atomic E-state index is 12.9. The Hall–Kier alpha value is -3.85. The smallest absolute Gasteiger partial charge is 0.308 e. The highest BCUT2D eigenvalue weighted by molar-refractivity contribution is 7.15. The van der Waals surface area contributed by atoms with Gasteiger partial charge in [-0.05, 0) is 60.9 Å². The van der Waals surface area contributed by atoms with Gasteiger partial charge < -0.3 is 9.47 Å². The molecule has 4 rings (SSSR count). The lowest BCUT2D eigenvalue weighted by Gasteiger charge is -2.10. The summed E-state index contributed by atoms with van der Waals surface area (Å²) in [5, 5.41) is 4.33. The van der Waals surface area contributed by atoms with Gasteiger partial charge in [-0.3, -0.25) is 14.4 Å². The molecule has 0 spiro atoms. The Kier molecular flexibility index (Phi) is 5.58. The number of carbonyl (C=O) groups excluding carboxylic acids is 2. The van der Waals surface area contributed by atoms with E-state index < -0.39 is 5.97 Å². The lowest BCUT2D eigenvalue weighted by atomic mass is 10.1. The van der Waals surface area contributed by atoms with Crippen LogP contribution in [0.1, 0.15) is 30.5 Å². The molecular weight excluding hydrogens is 430 g/mol. The Labute approximate surface area is 186 Å². The van der Waals surface area contributed by atoms with E-state index in [1.165, 1.54) is 29.7 Å². The minimum Gasteiger partial charge on any atom is -0.426 e. The second-order valence-corrected chi connectivity index (χ2v) is 8.22. The van der Waals surface area contributed by atoms with Crippen molar-refractivity contribution >= 4 is 34.3 Å². The van der Waals surface area contributed by atoms with Gasteiger partial charge in [-0.15, -0.1) is 5.10 Å². The van der Waals surface area contributed by atoms with Crippen molar-refractivity contribution < 1.29 is 19.1 Å². The normalized spacial score (nSPS) is 11.7. The van der Waals surface area contributed by atoms with Crippen LogP contribution in [0.25, 0.3) is 22.4 Å². The molecule has 0 radical (unpaired) electrons. The molecule has 0 unspecified atom stereocenters. The van der Waals surface area contributed by atoms with Crippen LogP contribution in [-0.4, -0.2) is 26.5 Å². The van der Waals surface area contributed by atoms with Gasteiger partial charge in [0.1, 0.15) is 11.5 Å². The first-order valence-electron chi connectivity index (χ1n) is 9.71. The molecule has 2 aromatic heterocycles. The molecule has 0 fully saturated rings. The third-order valence-electron chi connectivity index (χ3n) is 4.59. The van der Waals surface area contributed by atoms with E-state index in [9.17, 15) is 14.4 Å². The van der Waals surface area contributed by atoms with Crippen molar-refractivity contribution in [1.82, 2.24) is 14.6 Å². The van der Waals surface area contributed by atoms with Gasteiger partial charge in [0, 0.05) is 13.8 Å². The highest BCUT2D eigenvalue weighted by Gasteiger charge is 2.16. The fourth-order valence-electron chi connectivity index (χ4n) is 3.37. The van der Waals surface area contributed by atoms with Crippen LogP contribution in [0.2, 0.25) is 0 Å². The summed E-state index contributed by atoms with van der Waals surface area (Å²) in [7, 11) is 0. The first-order chi connectivity index (χ1) is 15.2. The van der Waals surface area contributed by atoms with Crippen molar-refractivity contribution in [2.24, 2.45) is 0 Å². The van der Waals surface area contributed by atoms with E-state index in [-0.39, 0.29) is 11.5 Å². The number of benzene rings is 2. The zero-order valence-electron chi connectivity index (χ0n) is 17.8. The number of thiazole rings is 1. The molecule has 162 valence electrons. The highest BCUT2D eigenvalue weighted by atomic mass is 32.1. The summed E-state index contributed by atoms with van der Waals surface area (Å²) in [6.45, 7) is 6.36. The standard InChI is InChI=1S/C23H19N3O5S/c1-12-9-16(10-13(2)20(12)31-15(4)28)11-19-22(29)26-23(32-19)24-21(25-26)17-7-5-6-8-18(17)30-14(3)27/h5-11H,1-4H3/b19-11-. The molecule has 0 N–H and O–H groups in total. The number of hydrogen-bond donors (Lipinski definition) is 0. The van der Waals surface area contributed by atoms with Gasteiger partial charge in [0.15, 0.2) is 5.82 Å². The largest absolute Gasteiger partial charge is 0.426 e. The quantitative estimate of drug-likeness (QED) is 0.349. The third kappa shape index (κ3) is 4.15. The number of aromatic nitrogens is 3. The molecule has 0 amide bonds. The number of fused-ring (bicyclic) bond motifs is 1. The summed E-state index contributed by atoms with van der Waals surface area (Å²) in [4.78, 5) is 40.5. The molecule has 0 aliphatic heterocycles. The first kappa shape index (κ1) is 21.4. The van der Waals surface area contributed by atoms with E-state index in [0.29, 0.717) is 32.4 Å². The van der Waals surface area contributed by atoms with Crippen LogP contribution in [-0.2, 0) is 9.59 Å². The van der Waals surface area contributed by atoms with Gasteiger partial charge in [0.25, 0.3) is 5.56 Å². The average Bonchev–Trinajstić information content (AvgIpc) is 3.24. The molecule has 0 aliphatic rings. The van der Waals surface area contributed by atoms with Crippen LogP contribution in [0.3, 0.4) is 0 Å². The van der Waals surface area contributed by atoms with E-state index in [0.717, 1.165) is 16.7 Å². The number of nitrogens with zero attached hydrogens (tertiary/aromatic N) is 3. The van der Waals surface area contributed by atoms with E-state index in [1.54, 1.807) is 30.3 Å². The Morgan fingerprint density at radius 1 is 1.03 bits per heavy atom. The van der Waals surface area contributed by atoms with E-state index in [1.807, 2.05) is 26.0 Å². The molecule has 8 nitrogen and oxygen atoms in total. The molecule has 0 bridgehead atoms. The molecule has 9 heteroatoms. The number of esters is 2. The maximum atomic E-state index is 12.9. The molecule has 0 saturated heterocycles. The van der Waals surface area contributed by atoms with Gasteiger partial charge in [-0.2, -0.15) is 9.50 Å². The summed E-state index contributed by atoms with van der Waals surface area (Å²) in [5.74, 6) is 0.317. The van der Waals surface area contributed by atoms with Crippen molar-refractivity contribution in [3.63, 3.8) is 0 Å². The summed E-state index contributed by atoms with van der Waals surface area (Å²) in [6.07, 6.45) is 1.76. The summed E-state index contributed by atoms with van der Waals surface area (Å²) in [6, 6.07) is 10.6. The molecule has 0 saturated carbocycles. The van der Waals surface area contributed by atoms with Crippen molar-refractivity contribution in [2.75, 3.05) is 0 Å². The lowest BCUT2D eigenvalue weighted by Crippen LogP contribution is -2.23. The summed E-state index contributed by atoms with van der Waals surface area (Å²) < 4.78 is 12.2. The molecule has 0 aliphatic carbocycles. The Morgan fingerprint density at radius 3 is 2.31 bits per heavy atom. The third-order valence-corrected chi connectivity index (χ3v) is 5.55. The van der Waals surface area contributed by atoms with Crippen molar-refractivity contribution in [3.8, 4) is 22.9 Å². The topological polar surface area (TPSA) is 99.9 Å². The van der Waals surface area contributed by atoms with E-state index >= 15 is 0 Å². The van der Waals surface area contributed by atoms with Gasteiger partial charge in [-0.25, -0.2) is 0 Å². The predicted molar refractivity (Wildman–Crippen MR) is 120 cm³/mol. The number of carbonyl (C=O) groups is 2. The van der Waals surface area contributed by atoms with Crippen molar-refractivity contribution in [2.45, 2.75) is 27.7 Å². The molecule has 32 heavy (non-hydrogen) atoms. The van der Waals surface area contributed by atoms with Gasteiger partial charge in [0.2, 0.25) is 4.96 Å². The molecule has 4 aromatic rings. The minimum atomic E-state index is -0.454. The van der Waals surface area contributed by atoms with Crippen LogP contribution in [0.5, 0.6) is 11.5 Å². The van der Waals surface area contributed by atoms with E-state index in [4.69, 9.17) is 9.47 Å². The minimum absolute atomic E-state index is 0.298. The second kappa shape index (κ2) is 8.35. The van der Waals surface area contributed by atoms with Crippen LogP contribution >= 0.6 is 11.3 Å². The Morgan fingerprint density at radius 2 is 1.69 bits per heavy atom. The van der Waals surface area contributed by atoms with Crippen LogP contribution in [0.4, 0.5) is 0 Å². The van der Waals surface area contributed by atoms with Crippen molar-refractivity contribution in [1.29, 1.82) is 0 Å². The monoisotopic (exact) mass is 449 g/mol. The zero-order chi connectivity index (χ0) is 23.0. The predicted octanol–water partition coefficient (Wildman–Crippen LogP) is 2.83. The number of para-hydroxylation sites is 1. The van der Waals surface area contributed by atoms with E-state index in [2.05, 4.69) is 10.1 Å². The number of aryl methyl sites for hydroxylation is 2. The van der Waals surface area contributed by atoms with Gasteiger partial charge >= 0.3 is 11.9 Å². The zero-order valence-corrected chi connectivity index (χ0v) is 18.6. The second-order valence-electron chi connectivity index (χ2n) is 7.21. The first-order valence-corrected chi connectivity index (χ1v) is 10.5. The van der Waals surface area contributed by atoms with Gasteiger partial charge in [-0.1, -0.05) is 23.5 Å². The highest BCUT2D eigenvalue weighted by Crippen LogP contribution is 2.28. The van der Waals surface area contributed by atoms with Crippen LogP contribution < -0.4 is 19.6 Å². The van der Waals surface area contributed by atoms with Gasteiger partial charge in [0.05, 0.1) is 10.1 Å². The molecule has 2 aromatic carbocycles. The van der Waals surface area contributed by atoms with Crippen LogP contribution in [0.15, 0.2) is 41.2 Å².